The van der Waals surface area contributed by atoms with Crippen LogP contribution in [0.25, 0.3) is 0 Å². The van der Waals surface area contributed by atoms with E-state index in [4.69, 9.17) is 0 Å². The molecule has 1 aromatic carbocycles. The number of aryl methyl sites for hydroxylation is 1. The molecule has 2 heterocycles. The summed E-state index contributed by atoms with van der Waals surface area (Å²) in [5.74, 6) is 0.279. The van der Waals surface area contributed by atoms with Crippen LogP contribution in [0, 0.1) is 5.82 Å². The molecule has 1 aliphatic rings. The van der Waals surface area contributed by atoms with Gasteiger partial charge < -0.3 is 5.32 Å². The minimum Gasteiger partial charge on any atom is -0.348 e. The first-order valence-electron chi connectivity index (χ1n) is 8.77. The van der Waals surface area contributed by atoms with Crippen molar-refractivity contribution in [3.05, 3.63) is 53.6 Å². The lowest BCUT2D eigenvalue weighted by Gasteiger charge is -2.31. The molecule has 25 heavy (non-hydrogen) atoms. The molecule has 5 nitrogen and oxygen atoms in total. The summed E-state index contributed by atoms with van der Waals surface area (Å²) in [7, 11) is 1.94. The first-order chi connectivity index (χ1) is 12.0. The molecule has 134 valence electrons. The van der Waals surface area contributed by atoms with E-state index >= 15 is 0 Å². The third-order valence-electron chi connectivity index (χ3n) is 4.90. The van der Waals surface area contributed by atoms with Crippen LogP contribution < -0.4 is 5.32 Å². The van der Waals surface area contributed by atoms with E-state index in [1.165, 1.54) is 17.7 Å². The van der Waals surface area contributed by atoms with Crippen molar-refractivity contribution in [1.82, 2.24) is 20.0 Å². The zero-order valence-corrected chi connectivity index (χ0v) is 14.8. The number of amides is 1. The summed E-state index contributed by atoms with van der Waals surface area (Å²) in [6, 6.07) is 6.13. The van der Waals surface area contributed by atoms with Gasteiger partial charge in [0.2, 0.25) is 5.91 Å². The van der Waals surface area contributed by atoms with Gasteiger partial charge in [0.1, 0.15) is 5.82 Å². The molecule has 6 heteroatoms. The lowest BCUT2D eigenvalue weighted by atomic mass is 9.91. The number of aromatic nitrogens is 2. The number of rotatable bonds is 5. The Morgan fingerprint density at radius 1 is 1.32 bits per heavy atom. The van der Waals surface area contributed by atoms with Gasteiger partial charge in [-0.3, -0.25) is 14.4 Å². The van der Waals surface area contributed by atoms with E-state index in [-0.39, 0.29) is 17.8 Å². The summed E-state index contributed by atoms with van der Waals surface area (Å²) in [6.45, 7) is 4.15. The van der Waals surface area contributed by atoms with Crippen molar-refractivity contribution in [1.29, 1.82) is 0 Å². The Morgan fingerprint density at radius 3 is 2.60 bits per heavy atom. The number of halogens is 1. The van der Waals surface area contributed by atoms with Gasteiger partial charge in [-0.1, -0.05) is 12.1 Å². The van der Waals surface area contributed by atoms with Crippen molar-refractivity contribution in [3.63, 3.8) is 0 Å². The van der Waals surface area contributed by atoms with Crippen molar-refractivity contribution in [3.8, 4) is 0 Å². The first kappa shape index (κ1) is 17.6. The SMILES string of the molecule is C[C@H](NC(=O)CN1CCC(c2cnn(C)c2)CC1)c1ccc(F)cc1. The first-order valence-corrected chi connectivity index (χ1v) is 8.77. The molecule has 1 atom stereocenters. The highest BCUT2D eigenvalue weighted by Crippen LogP contribution is 2.27. The Balaban J connectivity index is 1.45. The van der Waals surface area contributed by atoms with E-state index in [1.807, 2.05) is 24.9 Å². The quantitative estimate of drug-likeness (QED) is 0.907. The summed E-state index contributed by atoms with van der Waals surface area (Å²) in [5, 5.41) is 7.23. The number of hydrogen-bond acceptors (Lipinski definition) is 3. The van der Waals surface area contributed by atoms with E-state index in [2.05, 4.69) is 21.5 Å². The number of likely N-dealkylation sites (tertiary alicyclic amines) is 1. The van der Waals surface area contributed by atoms with Gasteiger partial charge in [-0.05, 0) is 62.0 Å². The molecule has 1 amide bonds. The van der Waals surface area contributed by atoms with Crippen molar-refractivity contribution < 1.29 is 9.18 Å². The van der Waals surface area contributed by atoms with Gasteiger partial charge in [0.15, 0.2) is 0 Å². The standard InChI is InChI=1S/C19H25FN4O/c1-14(15-3-5-18(20)6-4-15)22-19(25)13-24-9-7-16(8-10-24)17-11-21-23(2)12-17/h3-6,11-12,14,16H,7-10,13H2,1-2H3,(H,22,25)/t14-/m0/s1. The van der Waals surface area contributed by atoms with Gasteiger partial charge in [0, 0.05) is 13.2 Å². The fourth-order valence-corrected chi connectivity index (χ4v) is 3.40. The van der Waals surface area contributed by atoms with Crippen LogP contribution in [0.2, 0.25) is 0 Å². The highest BCUT2D eigenvalue weighted by molar-refractivity contribution is 5.78. The molecule has 0 saturated carbocycles. The summed E-state index contributed by atoms with van der Waals surface area (Å²) in [4.78, 5) is 14.5. The zero-order valence-electron chi connectivity index (χ0n) is 14.8. The molecule has 3 rings (SSSR count). The molecule has 1 saturated heterocycles. The molecule has 2 aromatic rings. The predicted octanol–water partition coefficient (Wildman–Crippen LogP) is 2.62. The highest BCUT2D eigenvalue weighted by atomic mass is 19.1. The fraction of sp³-hybridized carbons (Fsp3) is 0.474. The Bertz CT molecular complexity index is 704. The molecule has 0 aliphatic carbocycles. The molecule has 0 radical (unpaired) electrons. The van der Waals surface area contributed by atoms with Crippen LogP contribution in [-0.4, -0.2) is 40.2 Å². The predicted molar refractivity (Wildman–Crippen MR) is 94.6 cm³/mol. The van der Waals surface area contributed by atoms with E-state index in [9.17, 15) is 9.18 Å². The van der Waals surface area contributed by atoms with Crippen LogP contribution in [-0.2, 0) is 11.8 Å². The van der Waals surface area contributed by atoms with Crippen molar-refractivity contribution in [2.24, 2.45) is 7.05 Å². The van der Waals surface area contributed by atoms with Crippen molar-refractivity contribution in [2.45, 2.75) is 31.7 Å². The van der Waals surface area contributed by atoms with Gasteiger partial charge in [0.05, 0.1) is 18.8 Å². The second-order valence-corrected chi connectivity index (χ2v) is 6.84. The Labute approximate surface area is 147 Å². The molecule has 1 N–H and O–H groups in total. The van der Waals surface area contributed by atoms with E-state index in [0.717, 1.165) is 31.5 Å². The van der Waals surface area contributed by atoms with Crippen LogP contribution in [0.1, 0.15) is 42.9 Å². The lowest BCUT2D eigenvalue weighted by molar-refractivity contribution is -0.123. The van der Waals surface area contributed by atoms with Gasteiger partial charge in [-0.2, -0.15) is 5.10 Å². The maximum Gasteiger partial charge on any atom is 0.234 e. The van der Waals surface area contributed by atoms with Crippen LogP contribution in [0.4, 0.5) is 4.39 Å². The zero-order chi connectivity index (χ0) is 17.8. The van der Waals surface area contributed by atoms with Gasteiger partial charge >= 0.3 is 0 Å². The normalized spacial score (nSPS) is 17.4. The topological polar surface area (TPSA) is 50.2 Å². The molecule has 0 bridgehead atoms. The Morgan fingerprint density at radius 2 is 2.00 bits per heavy atom. The summed E-state index contributed by atoms with van der Waals surface area (Å²) in [6.07, 6.45) is 6.12. The van der Waals surface area contributed by atoms with Crippen LogP contribution in [0.5, 0.6) is 0 Å². The second kappa shape index (κ2) is 7.78. The number of piperidine rings is 1. The minimum atomic E-state index is -0.265. The fourth-order valence-electron chi connectivity index (χ4n) is 3.40. The number of nitrogens with zero attached hydrogens (tertiary/aromatic N) is 3. The van der Waals surface area contributed by atoms with Crippen LogP contribution >= 0.6 is 0 Å². The molecular weight excluding hydrogens is 319 g/mol. The Kier molecular flexibility index (Phi) is 5.48. The van der Waals surface area contributed by atoms with E-state index in [1.54, 1.807) is 12.1 Å². The molecule has 1 aromatic heterocycles. The highest BCUT2D eigenvalue weighted by Gasteiger charge is 2.23. The number of hydrogen-bond donors (Lipinski definition) is 1. The number of benzene rings is 1. The summed E-state index contributed by atoms with van der Waals surface area (Å²) >= 11 is 0. The van der Waals surface area contributed by atoms with Crippen molar-refractivity contribution >= 4 is 5.91 Å². The number of nitrogens with one attached hydrogen (secondary N) is 1. The number of carbonyl (C=O) groups is 1. The van der Waals surface area contributed by atoms with Crippen molar-refractivity contribution in [2.75, 3.05) is 19.6 Å². The summed E-state index contributed by atoms with van der Waals surface area (Å²) < 4.78 is 14.8. The van der Waals surface area contributed by atoms with E-state index in [0.29, 0.717) is 12.5 Å². The maximum absolute atomic E-state index is 13.0. The molecule has 1 fully saturated rings. The Hall–Kier alpha value is -2.21. The van der Waals surface area contributed by atoms with Crippen LogP contribution in [0.15, 0.2) is 36.7 Å². The van der Waals surface area contributed by atoms with E-state index < -0.39 is 0 Å². The van der Waals surface area contributed by atoms with Crippen LogP contribution in [0.3, 0.4) is 0 Å². The number of carbonyl (C=O) groups excluding carboxylic acids is 1. The molecule has 0 unspecified atom stereocenters. The summed E-state index contributed by atoms with van der Waals surface area (Å²) in [5.41, 5.74) is 2.20. The third-order valence-corrected chi connectivity index (χ3v) is 4.90. The minimum absolute atomic E-state index is 0.0108. The average molecular weight is 344 g/mol. The maximum atomic E-state index is 13.0. The average Bonchev–Trinajstić information content (AvgIpc) is 3.02. The van der Waals surface area contributed by atoms with Gasteiger partial charge in [0.25, 0.3) is 0 Å². The second-order valence-electron chi connectivity index (χ2n) is 6.84. The smallest absolute Gasteiger partial charge is 0.234 e. The lowest BCUT2D eigenvalue weighted by Crippen LogP contribution is -2.41. The third kappa shape index (κ3) is 4.66. The molecular formula is C19H25FN4O. The largest absolute Gasteiger partial charge is 0.348 e. The van der Waals surface area contributed by atoms with Gasteiger partial charge in [-0.15, -0.1) is 0 Å². The monoisotopic (exact) mass is 344 g/mol. The molecule has 1 aliphatic heterocycles. The van der Waals surface area contributed by atoms with Gasteiger partial charge in [-0.25, -0.2) is 4.39 Å². The molecule has 0 spiro atoms.